The average molecular weight is 271 g/mol. The fourth-order valence-electron chi connectivity index (χ4n) is 1.40. The summed E-state index contributed by atoms with van der Waals surface area (Å²) in [5, 5.41) is 3.07. The first-order chi connectivity index (χ1) is 8.42. The Morgan fingerprint density at radius 1 is 1.44 bits per heavy atom. The first kappa shape index (κ1) is 14.9. The summed E-state index contributed by atoms with van der Waals surface area (Å²) < 4.78 is 5.73. The Hall–Kier alpha value is -1.13. The summed E-state index contributed by atoms with van der Waals surface area (Å²) >= 11 is 5.88. The number of ether oxygens (including phenoxy) is 1. The summed E-state index contributed by atoms with van der Waals surface area (Å²) in [6, 6.07) is 3.66. The van der Waals surface area contributed by atoms with E-state index in [2.05, 4.69) is 10.3 Å². The molecule has 1 rings (SSSR count). The zero-order chi connectivity index (χ0) is 13.6. The Bertz CT molecular complexity index is 402. The molecule has 4 nitrogen and oxygen atoms in total. The summed E-state index contributed by atoms with van der Waals surface area (Å²) in [7, 11) is 0. The molecular weight excluding hydrogens is 252 g/mol. The SMILES string of the molecule is CC(C)(C)OCc1ccc(Cl)nc1CCNC=O. The van der Waals surface area contributed by atoms with Gasteiger partial charge in [0.15, 0.2) is 0 Å². The molecule has 18 heavy (non-hydrogen) atoms. The Kier molecular flexibility index (Phi) is 5.56. The van der Waals surface area contributed by atoms with Gasteiger partial charge in [-0.3, -0.25) is 4.79 Å². The number of hydrogen-bond donors (Lipinski definition) is 1. The summed E-state index contributed by atoms with van der Waals surface area (Å²) in [6.07, 6.45) is 1.32. The van der Waals surface area contributed by atoms with E-state index in [1.807, 2.05) is 26.8 Å². The van der Waals surface area contributed by atoms with Crippen molar-refractivity contribution < 1.29 is 9.53 Å². The molecule has 100 valence electrons. The van der Waals surface area contributed by atoms with Crippen LogP contribution >= 0.6 is 11.6 Å². The van der Waals surface area contributed by atoms with Gasteiger partial charge in [-0.05, 0) is 32.4 Å². The van der Waals surface area contributed by atoms with Crippen LogP contribution in [0.25, 0.3) is 0 Å². The molecule has 0 aliphatic heterocycles. The maximum absolute atomic E-state index is 10.2. The van der Waals surface area contributed by atoms with Crippen molar-refractivity contribution in [2.75, 3.05) is 6.54 Å². The lowest BCUT2D eigenvalue weighted by atomic mass is 10.1. The Morgan fingerprint density at radius 2 is 2.17 bits per heavy atom. The van der Waals surface area contributed by atoms with Gasteiger partial charge < -0.3 is 10.1 Å². The summed E-state index contributed by atoms with van der Waals surface area (Å²) in [4.78, 5) is 14.5. The van der Waals surface area contributed by atoms with E-state index in [0.717, 1.165) is 11.3 Å². The molecule has 0 bridgehead atoms. The van der Waals surface area contributed by atoms with Gasteiger partial charge in [-0.15, -0.1) is 0 Å². The van der Waals surface area contributed by atoms with E-state index in [1.54, 1.807) is 6.07 Å². The smallest absolute Gasteiger partial charge is 0.207 e. The second kappa shape index (κ2) is 6.71. The monoisotopic (exact) mass is 270 g/mol. The van der Waals surface area contributed by atoms with Crippen LogP contribution in [-0.2, 0) is 22.6 Å². The fourth-order valence-corrected chi connectivity index (χ4v) is 1.56. The number of halogens is 1. The van der Waals surface area contributed by atoms with E-state index in [4.69, 9.17) is 16.3 Å². The van der Waals surface area contributed by atoms with Crippen LogP contribution in [-0.4, -0.2) is 23.5 Å². The molecule has 0 aliphatic carbocycles. The zero-order valence-corrected chi connectivity index (χ0v) is 11.8. The van der Waals surface area contributed by atoms with Gasteiger partial charge in [-0.1, -0.05) is 17.7 Å². The van der Waals surface area contributed by atoms with E-state index < -0.39 is 0 Å². The highest BCUT2D eigenvalue weighted by Crippen LogP contribution is 2.16. The maximum Gasteiger partial charge on any atom is 0.207 e. The van der Waals surface area contributed by atoms with Gasteiger partial charge in [0.05, 0.1) is 12.2 Å². The normalized spacial score (nSPS) is 11.3. The average Bonchev–Trinajstić information content (AvgIpc) is 2.27. The molecule has 1 aromatic rings. The second-order valence-corrected chi connectivity index (χ2v) is 5.35. The van der Waals surface area contributed by atoms with Crippen molar-refractivity contribution in [1.82, 2.24) is 10.3 Å². The van der Waals surface area contributed by atoms with E-state index in [0.29, 0.717) is 31.1 Å². The van der Waals surface area contributed by atoms with Gasteiger partial charge in [0.2, 0.25) is 6.41 Å². The number of nitrogens with zero attached hydrogens (tertiary/aromatic N) is 1. The lowest BCUT2D eigenvalue weighted by Crippen LogP contribution is -2.20. The van der Waals surface area contributed by atoms with Gasteiger partial charge in [-0.2, -0.15) is 0 Å². The largest absolute Gasteiger partial charge is 0.371 e. The van der Waals surface area contributed by atoms with E-state index >= 15 is 0 Å². The van der Waals surface area contributed by atoms with Crippen LogP contribution in [0.3, 0.4) is 0 Å². The Labute approximate surface area is 113 Å². The van der Waals surface area contributed by atoms with Crippen LogP contribution in [0.4, 0.5) is 0 Å². The highest BCUT2D eigenvalue weighted by molar-refractivity contribution is 6.29. The van der Waals surface area contributed by atoms with Crippen LogP contribution in [0.2, 0.25) is 5.15 Å². The van der Waals surface area contributed by atoms with Crippen molar-refractivity contribution in [2.45, 2.75) is 39.4 Å². The number of pyridine rings is 1. The van der Waals surface area contributed by atoms with Gasteiger partial charge in [0.1, 0.15) is 5.15 Å². The molecule has 1 heterocycles. The number of carbonyl (C=O) groups is 1. The predicted octanol–water partition coefficient (Wildman–Crippen LogP) is 2.34. The van der Waals surface area contributed by atoms with Gasteiger partial charge in [0.25, 0.3) is 0 Å². The molecule has 0 aliphatic rings. The van der Waals surface area contributed by atoms with Gasteiger partial charge >= 0.3 is 0 Å². The lowest BCUT2D eigenvalue weighted by molar-refractivity contribution is -0.109. The number of aromatic nitrogens is 1. The number of amides is 1. The molecular formula is C13H19ClN2O2. The number of hydrogen-bond acceptors (Lipinski definition) is 3. The van der Waals surface area contributed by atoms with E-state index in [9.17, 15) is 4.79 Å². The quantitative estimate of drug-likeness (QED) is 0.490. The molecule has 0 saturated heterocycles. The molecule has 0 fully saturated rings. The van der Waals surface area contributed by atoms with Crippen molar-refractivity contribution in [2.24, 2.45) is 0 Å². The van der Waals surface area contributed by atoms with Crippen molar-refractivity contribution in [3.8, 4) is 0 Å². The molecule has 0 saturated carbocycles. The Morgan fingerprint density at radius 3 is 2.78 bits per heavy atom. The van der Waals surface area contributed by atoms with Crippen molar-refractivity contribution in [3.63, 3.8) is 0 Å². The molecule has 0 atom stereocenters. The molecule has 1 amide bonds. The van der Waals surface area contributed by atoms with Crippen LogP contribution in [0.15, 0.2) is 12.1 Å². The van der Waals surface area contributed by atoms with Crippen LogP contribution in [0.1, 0.15) is 32.0 Å². The number of carbonyl (C=O) groups excluding carboxylic acids is 1. The third-order valence-electron chi connectivity index (χ3n) is 2.28. The van der Waals surface area contributed by atoms with Crippen molar-refractivity contribution in [1.29, 1.82) is 0 Å². The minimum absolute atomic E-state index is 0.196. The first-order valence-electron chi connectivity index (χ1n) is 5.87. The minimum Gasteiger partial charge on any atom is -0.371 e. The van der Waals surface area contributed by atoms with E-state index in [-0.39, 0.29) is 5.60 Å². The first-order valence-corrected chi connectivity index (χ1v) is 6.25. The highest BCUT2D eigenvalue weighted by Gasteiger charge is 2.12. The zero-order valence-electron chi connectivity index (χ0n) is 11.0. The summed E-state index contributed by atoms with van der Waals surface area (Å²) in [5.41, 5.74) is 1.67. The molecule has 1 N–H and O–H groups in total. The third kappa shape index (κ3) is 5.47. The van der Waals surface area contributed by atoms with Crippen molar-refractivity contribution >= 4 is 18.0 Å². The van der Waals surface area contributed by atoms with Gasteiger partial charge in [0, 0.05) is 18.7 Å². The summed E-state index contributed by atoms with van der Waals surface area (Å²) in [6.45, 7) is 7.04. The van der Waals surface area contributed by atoms with E-state index in [1.165, 1.54) is 0 Å². The fraction of sp³-hybridized carbons (Fsp3) is 0.538. The number of nitrogens with one attached hydrogen (secondary N) is 1. The second-order valence-electron chi connectivity index (χ2n) is 4.96. The third-order valence-corrected chi connectivity index (χ3v) is 2.50. The minimum atomic E-state index is -0.196. The molecule has 0 aromatic carbocycles. The topological polar surface area (TPSA) is 51.2 Å². The maximum atomic E-state index is 10.2. The van der Waals surface area contributed by atoms with Crippen LogP contribution < -0.4 is 5.32 Å². The number of rotatable bonds is 6. The summed E-state index contributed by atoms with van der Waals surface area (Å²) in [5.74, 6) is 0. The van der Waals surface area contributed by atoms with Crippen LogP contribution in [0, 0.1) is 0 Å². The molecule has 5 heteroatoms. The predicted molar refractivity (Wildman–Crippen MR) is 71.6 cm³/mol. The standard InChI is InChI=1S/C13H19ClN2O2/c1-13(2,3)18-8-10-4-5-12(14)16-11(10)6-7-15-9-17/h4-5,9H,6-8H2,1-3H3,(H,15,17). The molecule has 0 spiro atoms. The molecule has 1 aromatic heterocycles. The van der Waals surface area contributed by atoms with Crippen molar-refractivity contribution in [3.05, 3.63) is 28.5 Å². The Balaban J connectivity index is 2.72. The highest BCUT2D eigenvalue weighted by atomic mass is 35.5. The lowest BCUT2D eigenvalue weighted by Gasteiger charge is -2.20. The molecule has 0 unspecified atom stereocenters. The van der Waals surface area contributed by atoms with Gasteiger partial charge in [-0.25, -0.2) is 4.98 Å². The van der Waals surface area contributed by atoms with Crippen LogP contribution in [0.5, 0.6) is 0 Å². The molecule has 0 radical (unpaired) electrons.